The minimum absolute atomic E-state index is 0.182. The molecule has 2 rings (SSSR count). The van der Waals surface area contributed by atoms with Crippen LogP contribution in [0.5, 0.6) is 0 Å². The van der Waals surface area contributed by atoms with Crippen LogP contribution >= 0.6 is 0 Å². The van der Waals surface area contributed by atoms with Crippen LogP contribution in [0.15, 0.2) is 28.8 Å². The summed E-state index contributed by atoms with van der Waals surface area (Å²) >= 11 is 0. The zero-order chi connectivity index (χ0) is 14.0. The summed E-state index contributed by atoms with van der Waals surface area (Å²) in [5.74, 6) is 0.511. The van der Waals surface area contributed by atoms with Gasteiger partial charge in [0, 0.05) is 11.3 Å². The minimum atomic E-state index is -0.203. The Kier molecular flexibility index (Phi) is 3.55. The monoisotopic (exact) mass is 259 g/mol. The van der Waals surface area contributed by atoms with Crippen LogP contribution in [0.25, 0.3) is 0 Å². The summed E-state index contributed by atoms with van der Waals surface area (Å²) in [4.78, 5) is 12.2. The van der Waals surface area contributed by atoms with Crippen LogP contribution in [0.3, 0.4) is 0 Å². The van der Waals surface area contributed by atoms with Crippen molar-refractivity contribution in [2.45, 2.75) is 26.8 Å². The molecule has 1 heterocycles. The van der Waals surface area contributed by atoms with Gasteiger partial charge in [-0.05, 0) is 32.9 Å². The maximum atomic E-state index is 12.2. The normalized spacial score (nSPS) is 12.2. The third-order valence-electron chi connectivity index (χ3n) is 3.07. The fraction of sp³-hybridized carbons (Fsp3) is 0.286. The number of benzene rings is 1. The van der Waals surface area contributed by atoms with E-state index in [9.17, 15) is 4.79 Å². The van der Waals surface area contributed by atoms with Gasteiger partial charge < -0.3 is 15.6 Å². The SMILES string of the molecule is Cc1noc(C)c1C(C)NC(=O)c1ccccc1N. The first-order valence-corrected chi connectivity index (χ1v) is 6.09. The predicted molar refractivity (Wildman–Crippen MR) is 72.7 cm³/mol. The molecule has 0 radical (unpaired) electrons. The van der Waals surface area contributed by atoms with Crippen LogP contribution in [0, 0.1) is 13.8 Å². The van der Waals surface area contributed by atoms with Gasteiger partial charge in [-0.1, -0.05) is 17.3 Å². The molecule has 1 aromatic heterocycles. The van der Waals surface area contributed by atoms with Gasteiger partial charge in [-0.15, -0.1) is 0 Å². The average Bonchev–Trinajstić information content (AvgIpc) is 2.69. The highest BCUT2D eigenvalue weighted by atomic mass is 16.5. The lowest BCUT2D eigenvalue weighted by Gasteiger charge is -2.14. The predicted octanol–water partition coefficient (Wildman–Crippen LogP) is 2.36. The molecule has 1 aromatic carbocycles. The molecule has 0 saturated heterocycles. The third-order valence-corrected chi connectivity index (χ3v) is 3.07. The molecule has 3 N–H and O–H groups in total. The van der Waals surface area contributed by atoms with E-state index in [0.29, 0.717) is 17.0 Å². The van der Waals surface area contributed by atoms with Gasteiger partial charge in [-0.25, -0.2) is 0 Å². The molecule has 0 saturated carbocycles. The van der Waals surface area contributed by atoms with Crippen LogP contribution in [0.1, 0.15) is 40.3 Å². The number of nitrogens with two attached hydrogens (primary N) is 1. The lowest BCUT2D eigenvalue weighted by Crippen LogP contribution is -2.27. The number of nitrogen functional groups attached to an aromatic ring is 1. The van der Waals surface area contributed by atoms with Crippen molar-refractivity contribution in [3.63, 3.8) is 0 Å². The van der Waals surface area contributed by atoms with E-state index >= 15 is 0 Å². The standard InChI is InChI=1S/C14H17N3O2/c1-8(13-9(2)17-19-10(13)3)16-14(18)11-6-4-5-7-12(11)15/h4-8H,15H2,1-3H3,(H,16,18). The molecule has 1 atom stereocenters. The van der Waals surface area contributed by atoms with Gasteiger partial charge in [-0.2, -0.15) is 0 Å². The summed E-state index contributed by atoms with van der Waals surface area (Å²) < 4.78 is 5.10. The summed E-state index contributed by atoms with van der Waals surface area (Å²) in [7, 11) is 0. The second-order valence-corrected chi connectivity index (χ2v) is 4.52. The molecule has 100 valence electrons. The number of para-hydroxylation sites is 1. The second kappa shape index (κ2) is 5.14. The number of nitrogens with zero attached hydrogens (tertiary/aromatic N) is 1. The molecule has 5 heteroatoms. The van der Waals surface area contributed by atoms with Crippen LogP contribution in [-0.4, -0.2) is 11.1 Å². The van der Waals surface area contributed by atoms with Gasteiger partial charge in [0.1, 0.15) is 5.76 Å². The molecule has 0 aliphatic heterocycles. The van der Waals surface area contributed by atoms with Gasteiger partial charge in [0.05, 0.1) is 17.3 Å². The zero-order valence-corrected chi connectivity index (χ0v) is 11.2. The second-order valence-electron chi connectivity index (χ2n) is 4.52. The van der Waals surface area contributed by atoms with Crippen molar-refractivity contribution in [1.29, 1.82) is 0 Å². The zero-order valence-electron chi connectivity index (χ0n) is 11.2. The lowest BCUT2D eigenvalue weighted by molar-refractivity contribution is 0.0940. The fourth-order valence-electron chi connectivity index (χ4n) is 2.16. The van der Waals surface area contributed by atoms with E-state index in [-0.39, 0.29) is 11.9 Å². The first-order valence-electron chi connectivity index (χ1n) is 6.09. The molecular weight excluding hydrogens is 242 g/mol. The molecule has 1 unspecified atom stereocenters. The highest BCUT2D eigenvalue weighted by Gasteiger charge is 2.19. The van der Waals surface area contributed by atoms with Crippen molar-refractivity contribution in [2.75, 3.05) is 5.73 Å². The van der Waals surface area contributed by atoms with Crippen molar-refractivity contribution in [3.05, 3.63) is 46.8 Å². The number of anilines is 1. The van der Waals surface area contributed by atoms with Crippen molar-refractivity contribution in [3.8, 4) is 0 Å². The number of rotatable bonds is 3. The van der Waals surface area contributed by atoms with Gasteiger partial charge >= 0.3 is 0 Å². The Bertz CT molecular complexity index is 585. The highest BCUT2D eigenvalue weighted by Crippen LogP contribution is 2.21. The van der Waals surface area contributed by atoms with E-state index in [1.807, 2.05) is 20.8 Å². The number of aromatic nitrogens is 1. The number of carbonyl (C=O) groups is 1. The first-order chi connectivity index (χ1) is 9.00. The first kappa shape index (κ1) is 13.1. The van der Waals surface area contributed by atoms with E-state index in [2.05, 4.69) is 10.5 Å². The Balaban J connectivity index is 2.18. The summed E-state index contributed by atoms with van der Waals surface area (Å²) in [6.07, 6.45) is 0. The number of aryl methyl sites for hydroxylation is 2. The lowest BCUT2D eigenvalue weighted by atomic mass is 10.1. The molecular formula is C14H17N3O2. The van der Waals surface area contributed by atoms with Crippen molar-refractivity contribution in [1.82, 2.24) is 10.5 Å². The Labute approximate surface area is 111 Å². The number of hydrogen-bond acceptors (Lipinski definition) is 4. The summed E-state index contributed by atoms with van der Waals surface area (Å²) in [6, 6.07) is 6.80. The average molecular weight is 259 g/mol. The molecule has 0 fully saturated rings. The van der Waals surface area contributed by atoms with Gasteiger partial charge in [0.25, 0.3) is 5.91 Å². The molecule has 5 nitrogen and oxygen atoms in total. The smallest absolute Gasteiger partial charge is 0.253 e. The van der Waals surface area contributed by atoms with Gasteiger partial charge in [-0.3, -0.25) is 4.79 Å². The Morgan fingerprint density at radius 3 is 2.63 bits per heavy atom. The molecule has 1 amide bonds. The minimum Gasteiger partial charge on any atom is -0.398 e. The molecule has 0 aliphatic carbocycles. The van der Waals surface area contributed by atoms with Crippen LogP contribution in [0.2, 0.25) is 0 Å². The van der Waals surface area contributed by atoms with Crippen molar-refractivity contribution in [2.24, 2.45) is 0 Å². The van der Waals surface area contributed by atoms with E-state index in [1.54, 1.807) is 24.3 Å². The maximum Gasteiger partial charge on any atom is 0.253 e. The Morgan fingerprint density at radius 2 is 2.05 bits per heavy atom. The van der Waals surface area contributed by atoms with E-state index in [0.717, 1.165) is 11.3 Å². The summed E-state index contributed by atoms with van der Waals surface area (Å²) in [5, 5.41) is 6.79. The van der Waals surface area contributed by atoms with Gasteiger partial charge in [0.15, 0.2) is 0 Å². The Hall–Kier alpha value is -2.30. The maximum absolute atomic E-state index is 12.2. The summed E-state index contributed by atoms with van der Waals surface area (Å²) in [5.41, 5.74) is 8.41. The quantitative estimate of drug-likeness (QED) is 0.829. The highest BCUT2D eigenvalue weighted by molar-refractivity contribution is 5.99. The molecule has 0 aliphatic rings. The van der Waals surface area contributed by atoms with Crippen LogP contribution in [-0.2, 0) is 0 Å². The largest absolute Gasteiger partial charge is 0.398 e. The van der Waals surface area contributed by atoms with E-state index in [4.69, 9.17) is 10.3 Å². The van der Waals surface area contributed by atoms with E-state index < -0.39 is 0 Å². The van der Waals surface area contributed by atoms with Crippen LogP contribution in [0.4, 0.5) is 5.69 Å². The molecule has 19 heavy (non-hydrogen) atoms. The fourth-order valence-corrected chi connectivity index (χ4v) is 2.16. The molecule has 2 aromatic rings. The van der Waals surface area contributed by atoms with Crippen molar-refractivity contribution < 1.29 is 9.32 Å². The number of nitrogens with one attached hydrogen (secondary N) is 1. The topological polar surface area (TPSA) is 81.2 Å². The van der Waals surface area contributed by atoms with Gasteiger partial charge in [0.2, 0.25) is 0 Å². The van der Waals surface area contributed by atoms with Crippen LogP contribution < -0.4 is 11.1 Å². The number of carbonyl (C=O) groups excluding carboxylic acids is 1. The third kappa shape index (κ3) is 2.59. The summed E-state index contributed by atoms with van der Waals surface area (Å²) in [6.45, 7) is 5.57. The molecule has 0 bridgehead atoms. The molecule has 0 spiro atoms. The van der Waals surface area contributed by atoms with E-state index in [1.165, 1.54) is 0 Å². The number of hydrogen-bond donors (Lipinski definition) is 2. The Morgan fingerprint density at radius 1 is 1.37 bits per heavy atom. The van der Waals surface area contributed by atoms with Crippen molar-refractivity contribution >= 4 is 11.6 Å². The number of amides is 1.